The molecule has 0 heterocycles. The van der Waals surface area contributed by atoms with E-state index < -0.39 is 0 Å². The maximum absolute atomic E-state index is 12.1. The Morgan fingerprint density at radius 2 is 1.79 bits per heavy atom. The second kappa shape index (κ2) is 8.39. The van der Waals surface area contributed by atoms with Crippen LogP contribution in [0.5, 0.6) is 11.5 Å². The van der Waals surface area contributed by atoms with Crippen molar-refractivity contribution in [3.05, 3.63) is 59.2 Å². The fourth-order valence-electron chi connectivity index (χ4n) is 2.39. The second-order valence-electron chi connectivity index (χ2n) is 5.85. The minimum atomic E-state index is -0.141. The number of hydrogen-bond donors (Lipinski definition) is 1. The van der Waals surface area contributed by atoms with Gasteiger partial charge in [-0.3, -0.25) is 4.79 Å². The van der Waals surface area contributed by atoms with E-state index >= 15 is 0 Å². The monoisotopic (exact) mass is 327 g/mol. The van der Waals surface area contributed by atoms with E-state index in [1.807, 2.05) is 70.2 Å². The first kappa shape index (κ1) is 17.9. The van der Waals surface area contributed by atoms with Gasteiger partial charge >= 0.3 is 0 Å². The van der Waals surface area contributed by atoms with Gasteiger partial charge in [0, 0.05) is 0 Å². The average Bonchev–Trinajstić information content (AvgIpc) is 2.56. The number of benzene rings is 2. The molecule has 4 nitrogen and oxygen atoms in total. The van der Waals surface area contributed by atoms with Gasteiger partial charge in [0.15, 0.2) is 6.61 Å². The van der Waals surface area contributed by atoms with Crippen LogP contribution in [0.25, 0.3) is 0 Å². The number of amides is 1. The predicted octanol–water partition coefficient (Wildman–Crippen LogP) is 3.96. The van der Waals surface area contributed by atoms with Gasteiger partial charge in [-0.1, -0.05) is 24.3 Å². The lowest BCUT2D eigenvalue weighted by molar-refractivity contribution is -0.123. The Morgan fingerprint density at radius 3 is 2.46 bits per heavy atom. The van der Waals surface area contributed by atoms with Crippen molar-refractivity contribution in [2.24, 2.45) is 0 Å². The fraction of sp³-hybridized carbons (Fsp3) is 0.350. The van der Waals surface area contributed by atoms with Gasteiger partial charge in [0.05, 0.1) is 12.6 Å². The summed E-state index contributed by atoms with van der Waals surface area (Å²) in [6.45, 7) is 8.51. The summed E-state index contributed by atoms with van der Waals surface area (Å²) in [6.07, 6.45) is 0. The molecule has 2 rings (SSSR count). The van der Waals surface area contributed by atoms with Gasteiger partial charge in [-0.2, -0.15) is 0 Å². The van der Waals surface area contributed by atoms with E-state index in [0.29, 0.717) is 6.61 Å². The molecular weight excluding hydrogens is 302 g/mol. The zero-order valence-corrected chi connectivity index (χ0v) is 14.8. The van der Waals surface area contributed by atoms with Crippen molar-refractivity contribution in [3.63, 3.8) is 0 Å². The van der Waals surface area contributed by atoms with E-state index in [2.05, 4.69) is 5.32 Å². The Kier molecular flexibility index (Phi) is 6.24. The molecule has 0 saturated carbocycles. The molecule has 128 valence electrons. The van der Waals surface area contributed by atoms with Crippen LogP contribution in [-0.4, -0.2) is 19.1 Å². The van der Waals surface area contributed by atoms with Gasteiger partial charge in [0.2, 0.25) is 0 Å². The number of ether oxygens (including phenoxy) is 2. The molecule has 2 aromatic rings. The van der Waals surface area contributed by atoms with Crippen LogP contribution in [0.3, 0.4) is 0 Å². The molecule has 2 aromatic carbocycles. The van der Waals surface area contributed by atoms with Crippen LogP contribution in [0.1, 0.15) is 36.6 Å². The Bertz CT molecular complexity index is 680. The van der Waals surface area contributed by atoms with Crippen LogP contribution in [-0.2, 0) is 4.79 Å². The van der Waals surface area contributed by atoms with Gasteiger partial charge < -0.3 is 14.8 Å². The molecule has 24 heavy (non-hydrogen) atoms. The summed E-state index contributed by atoms with van der Waals surface area (Å²) >= 11 is 0. The van der Waals surface area contributed by atoms with Crippen LogP contribution >= 0.6 is 0 Å². The third-order valence-corrected chi connectivity index (χ3v) is 3.77. The quantitative estimate of drug-likeness (QED) is 0.837. The molecule has 0 radical (unpaired) electrons. The molecule has 0 bridgehead atoms. The van der Waals surface area contributed by atoms with Crippen molar-refractivity contribution in [1.82, 2.24) is 5.32 Å². The summed E-state index contributed by atoms with van der Waals surface area (Å²) in [7, 11) is 0. The highest BCUT2D eigenvalue weighted by atomic mass is 16.5. The van der Waals surface area contributed by atoms with Crippen LogP contribution in [0.4, 0.5) is 0 Å². The molecule has 0 spiro atoms. The summed E-state index contributed by atoms with van der Waals surface area (Å²) in [5, 5.41) is 2.95. The van der Waals surface area contributed by atoms with Crippen molar-refractivity contribution < 1.29 is 14.3 Å². The van der Waals surface area contributed by atoms with Gasteiger partial charge in [-0.05, 0) is 62.6 Å². The van der Waals surface area contributed by atoms with Gasteiger partial charge in [-0.15, -0.1) is 0 Å². The highest BCUT2D eigenvalue weighted by molar-refractivity contribution is 5.78. The van der Waals surface area contributed by atoms with Crippen molar-refractivity contribution in [2.75, 3.05) is 13.2 Å². The fourth-order valence-corrected chi connectivity index (χ4v) is 2.39. The topological polar surface area (TPSA) is 47.6 Å². The van der Waals surface area contributed by atoms with Crippen molar-refractivity contribution in [2.45, 2.75) is 33.7 Å². The molecule has 1 amide bonds. The van der Waals surface area contributed by atoms with E-state index in [-0.39, 0.29) is 18.6 Å². The van der Waals surface area contributed by atoms with Gasteiger partial charge in [0.1, 0.15) is 11.5 Å². The second-order valence-corrected chi connectivity index (χ2v) is 5.85. The SMILES string of the molecule is CCOc1ccc(C(C)NC(=O)COc2cc(C)ccc2C)cc1. The molecule has 0 saturated heterocycles. The first-order valence-corrected chi connectivity index (χ1v) is 8.21. The molecule has 0 aliphatic rings. The zero-order valence-electron chi connectivity index (χ0n) is 14.8. The number of carbonyl (C=O) groups is 1. The number of aryl methyl sites for hydroxylation is 2. The molecule has 1 atom stereocenters. The van der Waals surface area contributed by atoms with Crippen LogP contribution in [0.2, 0.25) is 0 Å². The van der Waals surface area contributed by atoms with E-state index in [1.54, 1.807) is 0 Å². The number of carbonyl (C=O) groups excluding carboxylic acids is 1. The minimum Gasteiger partial charge on any atom is -0.494 e. The van der Waals surface area contributed by atoms with E-state index in [9.17, 15) is 4.79 Å². The maximum Gasteiger partial charge on any atom is 0.258 e. The smallest absolute Gasteiger partial charge is 0.258 e. The Labute approximate surface area is 143 Å². The normalized spacial score (nSPS) is 11.7. The summed E-state index contributed by atoms with van der Waals surface area (Å²) in [6, 6.07) is 13.6. The van der Waals surface area contributed by atoms with Gasteiger partial charge in [-0.25, -0.2) is 0 Å². The van der Waals surface area contributed by atoms with Crippen molar-refractivity contribution >= 4 is 5.91 Å². The first-order valence-electron chi connectivity index (χ1n) is 8.21. The summed E-state index contributed by atoms with van der Waals surface area (Å²) in [5.74, 6) is 1.44. The highest BCUT2D eigenvalue weighted by Gasteiger charge is 2.11. The summed E-state index contributed by atoms with van der Waals surface area (Å²) < 4.78 is 11.1. The standard InChI is InChI=1S/C20H25NO3/c1-5-23-18-10-8-17(9-11-18)16(4)21-20(22)13-24-19-12-14(2)6-7-15(19)3/h6-12,16H,5,13H2,1-4H3,(H,21,22). The van der Waals surface area contributed by atoms with Crippen molar-refractivity contribution in [3.8, 4) is 11.5 Å². The molecule has 0 aliphatic carbocycles. The Morgan fingerprint density at radius 1 is 1.08 bits per heavy atom. The third-order valence-electron chi connectivity index (χ3n) is 3.77. The lowest BCUT2D eigenvalue weighted by Gasteiger charge is -2.16. The lowest BCUT2D eigenvalue weighted by atomic mass is 10.1. The summed E-state index contributed by atoms with van der Waals surface area (Å²) in [4.78, 5) is 12.1. The zero-order chi connectivity index (χ0) is 17.5. The Hall–Kier alpha value is -2.49. The van der Waals surface area contributed by atoms with Crippen molar-refractivity contribution in [1.29, 1.82) is 0 Å². The molecule has 1 unspecified atom stereocenters. The molecule has 4 heteroatoms. The third kappa shape index (κ3) is 5.01. The first-order chi connectivity index (χ1) is 11.5. The van der Waals surface area contributed by atoms with E-state index in [4.69, 9.17) is 9.47 Å². The predicted molar refractivity (Wildman–Crippen MR) is 95.6 cm³/mol. The van der Waals surface area contributed by atoms with Gasteiger partial charge in [0.25, 0.3) is 5.91 Å². The highest BCUT2D eigenvalue weighted by Crippen LogP contribution is 2.20. The van der Waals surface area contributed by atoms with E-state index in [0.717, 1.165) is 28.2 Å². The Balaban J connectivity index is 1.88. The lowest BCUT2D eigenvalue weighted by Crippen LogP contribution is -2.31. The number of rotatable bonds is 7. The van der Waals surface area contributed by atoms with Crippen LogP contribution in [0, 0.1) is 13.8 Å². The van der Waals surface area contributed by atoms with Crippen LogP contribution < -0.4 is 14.8 Å². The number of nitrogens with one attached hydrogen (secondary N) is 1. The molecular formula is C20H25NO3. The summed E-state index contributed by atoms with van der Waals surface area (Å²) in [5.41, 5.74) is 3.16. The maximum atomic E-state index is 12.1. The molecule has 0 fully saturated rings. The molecule has 0 aliphatic heterocycles. The molecule has 1 N–H and O–H groups in total. The minimum absolute atomic E-state index is 0.00562. The van der Waals surface area contributed by atoms with E-state index in [1.165, 1.54) is 0 Å². The largest absolute Gasteiger partial charge is 0.494 e. The number of hydrogen-bond acceptors (Lipinski definition) is 3. The average molecular weight is 327 g/mol. The van der Waals surface area contributed by atoms with Crippen LogP contribution in [0.15, 0.2) is 42.5 Å². The molecule has 0 aromatic heterocycles.